The van der Waals surface area contributed by atoms with E-state index in [4.69, 9.17) is 0 Å². The minimum absolute atomic E-state index is 0.0132. The third-order valence-electron chi connectivity index (χ3n) is 6.03. The minimum Gasteiger partial charge on any atom is -0.506 e. The summed E-state index contributed by atoms with van der Waals surface area (Å²) in [5, 5.41) is 16.3. The number of hydrogen-bond donors (Lipinski definition) is 3. The Kier molecular flexibility index (Phi) is 6.77. The number of aromatic hydroxyl groups is 1. The average molecular weight is 485 g/mol. The zero-order valence-corrected chi connectivity index (χ0v) is 19.9. The lowest BCUT2D eigenvalue weighted by atomic mass is 10.0. The number of anilines is 2. The molecule has 0 fully saturated rings. The maximum Gasteiger partial charge on any atom is 0.259 e. The number of rotatable bonds is 6. The fourth-order valence-corrected chi connectivity index (χ4v) is 4.06. The SMILES string of the molecule is O=C(Nc1ccc(-c2ccccc2)cc1)c1cccc(C(=O)Nc2ccc(-c3ccccc3)cc2)c1O. The first-order chi connectivity index (χ1) is 18.1. The van der Waals surface area contributed by atoms with E-state index in [1.54, 1.807) is 30.3 Å². The summed E-state index contributed by atoms with van der Waals surface area (Å²) in [4.78, 5) is 25.8. The first kappa shape index (κ1) is 23.6. The monoisotopic (exact) mass is 484 g/mol. The average Bonchev–Trinajstić information content (AvgIpc) is 2.95. The van der Waals surface area contributed by atoms with Gasteiger partial charge in [-0.3, -0.25) is 9.59 Å². The molecular weight excluding hydrogens is 460 g/mol. The van der Waals surface area contributed by atoms with Gasteiger partial charge < -0.3 is 15.7 Å². The summed E-state index contributed by atoms with van der Waals surface area (Å²) >= 11 is 0. The number of para-hydroxylation sites is 1. The molecule has 0 spiro atoms. The van der Waals surface area contributed by atoms with Gasteiger partial charge in [-0.2, -0.15) is 0 Å². The number of benzene rings is 5. The minimum atomic E-state index is -0.508. The van der Waals surface area contributed by atoms with Gasteiger partial charge in [-0.1, -0.05) is 91.0 Å². The molecule has 5 rings (SSSR count). The summed E-state index contributed by atoms with van der Waals surface area (Å²) in [6.45, 7) is 0. The van der Waals surface area contributed by atoms with Crippen LogP contribution in [0.1, 0.15) is 20.7 Å². The van der Waals surface area contributed by atoms with E-state index in [0.717, 1.165) is 22.3 Å². The summed E-state index contributed by atoms with van der Waals surface area (Å²) < 4.78 is 0. The summed E-state index contributed by atoms with van der Waals surface area (Å²) in [5.74, 6) is -1.39. The third kappa shape index (κ3) is 5.41. The number of carbonyl (C=O) groups is 2. The highest BCUT2D eigenvalue weighted by Gasteiger charge is 2.19. The van der Waals surface area contributed by atoms with Gasteiger partial charge in [0.25, 0.3) is 11.8 Å². The first-order valence-corrected chi connectivity index (χ1v) is 11.8. The van der Waals surface area contributed by atoms with Crippen molar-refractivity contribution in [1.82, 2.24) is 0 Å². The van der Waals surface area contributed by atoms with E-state index < -0.39 is 11.8 Å². The highest BCUT2D eigenvalue weighted by atomic mass is 16.3. The van der Waals surface area contributed by atoms with Gasteiger partial charge in [0.2, 0.25) is 0 Å². The van der Waals surface area contributed by atoms with E-state index in [1.165, 1.54) is 12.1 Å². The second kappa shape index (κ2) is 10.6. The van der Waals surface area contributed by atoms with Crippen LogP contribution in [0.25, 0.3) is 22.3 Å². The van der Waals surface area contributed by atoms with Crippen LogP contribution >= 0.6 is 0 Å². The van der Waals surface area contributed by atoms with Crippen LogP contribution in [0.15, 0.2) is 127 Å². The van der Waals surface area contributed by atoms with Crippen LogP contribution in [0, 0.1) is 0 Å². The Hall–Kier alpha value is -5.16. The lowest BCUT2D eigenvalue weighted by molar-refractivity contribution is 0.102. The maximum absolute atomic E-state index is 12.9. The highest BCUT2D eigenvalue weighted by molar-refractivity contribution is 6.12. The molecule has 5 aromatic carbocycles. The van der Waals surface area contributed by atoms with Crippen molar-refractivity contribution in [1.29, 1.82) is 0 Å². The molecular formula is C32H24N2O3. The maximum atomic E-state index is 12.9. The van der Waals surface area contributed by atoms with E-state index in [0.29, 0.717) is 11.4 Å². The van der Waals surface area contributed by atoms with Crippen LogP contribution in [0.5, 0.6) is 5.75 Å². The molecule has 37 heavy (non-hydrogen) atoms. The van der Waals surface area contributed by atoms with Crippen molar-refractivity contribution < 1.29 is 14.7 Å². The first-order valence-electron chi connectivity index (χ1n) is 11.8. The Morgan fingerprint density at radius 2 is 0.784 bits per heavy atom. The van der Waals surface area contributed by atoms with Crippen LogP contribution in [0.3, 0.4) is 0 Å². The van der Waals surface area contributed by atoms with Crippen LogP contribution in [0.2, 0.25) is 0 Å². The lowest BCUT2D eigenvalue weighted by Gasteiger charge is -2.12. The topological polar surface area (TPSA) is 78.4 Å². The Morgan fingerprint density at radius 1 is 0.432 bits per heavy atom. The van der Waals surface area contributed by atoms with Gasteiger partial charge in [-0.05, 0) is 58.7 Å². The molecule has 0 radical (unpaired) electrons. The fourth-order valence-electron chi connectivity index (χ4n) is 4.06. The Morgan fingerprint density at radius 3 is 1.16 bits per heavy atom. The molecule has 2 amide bonds. The number of phenolic OH excluding ortho intramolecular Hbond substituents is 1. The summed E-state index contributed by atoms with van der Waals surface area (Å²) in [6.07, 6.45) is 0. The van der Waals surface area contributed by atoms with Gasteiger partial charge in [-0.15, -0.1) is 0 Å². The van der Waals surface area contributed by atoms with E-state index in [2.05, 4.69) is 10.6 Å². The Labute approximate surface area is 215 Å². The van der Waals surface area contributed by atoms with Gasteiger partial charge in [0.05, 0.1) is 11.1 Å². The quantitative estimate of drug-likeness (QED) is 0.238. The molecule has 180 valence electrons. The van der Waals surface area contributed by atoms with Gasteiger partial charge in [-0.25, -0.2) is 0 Å². The molecule has 0 aliphatic heterocycles. The van der Waals surface area contributed by atoms with E-state index >= 15 is 0 Å². The second-order valence-electron chi connectivity index (χ2n) is 8.50. The van der Waals surface area contributed by atoms with Crippen LogP contribution < -0.4 is 10.6 Å². The van der Waals surface area contributed by atoms with Crippen LogP contribution in [0.4, 0.5) is 11.4 Å². The van der Waals surface area contributed by atoms with E-state index in [-0.39, 0.29) is 16.9 Å². The Bertz CT molecular complexity index is 1410. The predicted octanol–water partition coefficient (Wildman–Crippen LogP) is 7.23. The zero-order chi connectivity index (χ0) is 25.6. The van der Waals surface area contributed by atoms with Gasteiger partial charge in [0, 0.05) is 11.4 Å². The molecule has 0 saturated carbocycles. The van der Waals surface area contributed by atoms with Crippen LogP contribution in [-0.4, -0.2) is 16.9 Å². The second-order valence-corrected chi connectivity index (χ2v) is 8.50. The number of amides is 2. The smallest absolute Gasteiger partial charge is 0.259 e. The van der Waals surface area contributed by atoms with E-state index in [1.807, 2.05) is 84.9 Å². The van der Waals surface area contributed by atoms with Crippen molar-refractivity contribution in [2.24, 2.45) is 0 Å². The standard InChI is InChI=1S/C32H24N2O3/c35-30-28(31(36)33-26-18-14-24(15-19-26)22-8-3-1-4-9-22)12-7-13-29(30)32(37)34-27-20-16-25(17-21-27)23-10-5-2-6-11-23/h1-21,35H,(H,33,36)(H,34,37). The number of nitrogens with one attached hydrogen (secondary N) is 2. The Balaban J connectivity index is 1.28. The number of carbonyl (C=O) groups excluding carboxylic acids is 2. The molecule has 0 heterocycles. The molecule has 5 heteroatoms. The van der Waals surface area contributed by atoms with Gasteiger partial charge >= 0.3 is 0 Å². The number of hydrogen-bond acceptors (Lipinski definition) is 3. The molecule has 0 unspecified atom stereocenters. The van der Waals surface area contributed by atoms with Gasteiger partial charge in [0.15, 0.2) is 0 Å². The molecule has 0 aromatic heterocycles. The zero-order valence-electron chi connectivity index (χ0n) is 19.9. The van der Waals surface area contributed by atoms with Crippen LogP contribution in [-0.2, 0) is 0 Å². The van der Waals surface area contributed by atoms with Crippen molar-refractivity contribution in [3.05, 3.63) is 139 Å². The molecule has 0 bridgehead atoms. The molecule has 0 aliphatic carbocycles. The molecule has 3 N–H and O–H groups in total. The normalized spacial score (nSPS) is 10.5. The van der Waals surface area contributed by atoms with Gasteiger partial charge in [0.1, 0.15) is 5.75 Å². The van der Waals surface area contributed by atoms with Crippen molar-refractivity contribution in [2.45, 2.75) is 0 Å². The molecule has 0 atom stereocenters. The fraction of sp³-hybridized carbons (Fsp3) is 0. The molecule has 0 saturated heterocycles. The van der Waals surface area contributed by atoms with Crippen molar-refractivity contribution >= 4 is 23.2 Å². The molecule has 5 nitrogen and oxygen atoms in total. The lowest BCUT2D eigenvalue weighted by Crippen LogP contribution is -2.16. The summed E-state index contributed by atoms with van der Waals surface area (Å²) in [7, 11) is 0. The third-order valence-corrected chi connectivity index (χ3v) is 6.03. The molecule has 5 aromatic rings. The molecule has 0 aliphatic rings. The largest absolute Gasteiger partial charge is 0.506 e. The van der Waals surface area contributed by atoms with Crippen molar-refractivity contribution in [3.8, 4) is 28.0 Å². The predicted molar refractivity (Wildman–Crippen MR) is 148 cm³/mol. The summed E-state index contributed by atoms with van der Waals surface area (Å²) in [6, 6.07) is 39.2. The van der Waals surface area contributed by atoms with Crippen molar-refractivity contribution in [2.75, 3.05) is 10.6 Å². The van der Waals surface area contributed by atoms with Crippen molar-refractivity contribution in [3.63, 3.8) is 0 Å². The highest BCUT2D eigenvalue weighted by Crippen LogP contribution is 2.27. The summed E-state index contributed by atoms with van der Waals surface area (Å²) in [5.41, 5.74) is 5.39. The number of phenols is 1. The van der Waals surface area contributed by atoms with E-state index in [9.17, 15) is 14.7 Å².